The number of furan rings is 1. The largest absolute Gasteiger partial charge is 0.458 e. The molecule has 1 unspecified atom stereocenters. The number of aromatic nitrogens is 1. The van der Waals surface area contributed by atoms with E-state index >= 15 is 0 Å². The summed E-state index contributed by atoms with van der Waals surface area (Å²) >= 11 is 1.46. The summed E-state index contributed by atoms with van der Waals surface area (Å²) in [4.78, 5) is 8.46. The summed E-state index contributed by atoms with van der Waals surface area (Å²) in [5, 5.41) is 5.59. The zero-order valence-corrected chi connectivity index (χ0v) is 14.3. The molecule has 2 heterocycles. The third kappa shape index (κ3) is 5.91. The molecule has 0 saturated heterocycles. The lowest BCUT2D eigenvalue weighted by atomic mass is 10.3. The van der Waals surface area contributed by atoms with E-state index in [0.29, 0.717) is 18.8 Å². The highest BCUT2D eigenvalue weighted by Crippen LogP contribution is 2.26. The maximum absolute atomic E-state index is 5.55. The summed E-state index contributed by atoms with van der Waals surface area (Å²) < 4.78 is 10.4. The van der Waals surface area contributed by atoms with Crippen LogP contribution in [0, 0.1) is 0 Å². The van der Waals surface area contributed by atoms with Crippen molar-refractivity contribution in [3.05, 3.63) is 23.3 Å². The lowest BCUT2D eigenvalue weighted by Crippen LogP contribution is -2.25. The lowest BCUT2D eigenvalue weighted by Gasteiger charge is -2.03. The Morgan fingerprint density at radius 3 is 2.91 bits per heavy atom. The molecule has 2 aromatic heterocycles. The monoisotopic (exact) mass is 367 g/mol. The van der Waals surface area contributed by atoms with E-state index in [9.17, 15) is 0 Å². The van der Waals surface area contributed by atoms with Gasteiger partial charge in [0.2, 0.25) is 0 Å². The number of hydrogen-bond acceptors (Lipinski definition) is 7. The molecule has 0 aliphatic rings. The van der Waals surface area contributed by atoms with Crippen molar-refractivity contribution in [2.45, 2.75) is 12.8 Å². The Kier molecular flexibility index (Phi) is 9.99. The molecule has 2 aromatic rings. The van der Waals surface area contributed by atoms with E-state index in [2.05, 4.69) is 15.3 Å². The van der Waals surface area contributed by atoms with Crippen molar-refractivity contribution < 1.29 is 9.15 Å². The van der Waals surface area contributed by atoms with Crippen molar-refractivity contribution in [2.75, 3.05) is 19.0 Å². The third-order valence-electron chi connectivity index (χ3n) is 2.49. The smallest absolute Gasteiger partial charge is 0.188 e. The molecule has 0 radical (unpaired) electrons. The van der Waals surface area contributed by atoms with E-state index in [0.717, 1.165) is 16.6 Å². The Bertz CT molecular complexity index is 575. The fourth-order valence-corrected chi connectivity index (χ4v) is 2.07. The highest BCUT2D eigenvalue weighted by molar-refractivity contribution is 7.14. The van der Waals surface area contributed by atoms with Crippen LogP contribution in [0.25, 0.3) is 11.5 Å². The number of thiazole rings is 1. The summed E-state index contributed by atoms with van der Waals surface area (Å²) in [5.74, 6) is 1.44. The molecule has 0 saturated carbocycles. The van der Waals surface area contributed by atoms with Crippen LogP contribution in [0.1, 0.15) is 5.76 Å². The quantitative estimate of drug-likeness (QED) is 0.392. The number of aliphatic imine (C=N–C) groups is 1. The van der Waals surface area contributed by atoms with Crippen LogP contribution in [-0.4, -0.2) is 31.2 Å². The van der Waals surface area contributed by atoms with Crippen molar-refractivity contribution in [1.29, 1.82) is 0 Å². The molecule has 0 amide bonds. The zero-order chi connectivity index (χ0) is 14.4. The molecule has 124 valence electrons. The van der Waals surface area contributed by atoms with Gasteiger partial charge in [-0.25, -0.2) is 4.98 Å². The van der Waals surface area contributed by atoms with Crippen LogP contribution in [0.3, 0.4) is 0 Å². The molecule has 0 aromatic carbocycles. The first-order valence-corrected chi connectivity index (χ1v) is 6.88. The molecule has 7 nitrogen and oxygen atoms in total. The molecule has 0 fully saturated rings. The fraction of sp³-hybridized carbons (Fsp3) is 0.333. The Morgan fingerprint density at radius 2 is 2.27 bits per heavy atom. The summed E-state index contributed by atoms with van der Waals surface area (Å²) in [6, 6.07) is 3.70. The summed E-state index contributed by atoms with van der Waals surface area (Å²) in [7, 11) is 1.54. The third-order valence-corrected chi connectivity index (χ3v) is 3.26. The van der Waals surface area contributed by atoms with Gasteiger partial charge in [-0.05, 0) is 12.1 Å². The van der Waals surface area contributed by atoms with E-state index in [4.69, 9.17) is 20.6 Å². The SMILES string of the molecule is COC(N)CN=CNc1nc(-c2ccc(CN)o2)cs1.Cl.Cl. The zero-order valence-electron chi connectivity index (χ0n) is 11.9. The minimum atomic E-state index is -0.391. The number of rotatable bonds is 7. The number of nitrogens with zero attached hydrogens (tertiary/aromatic N) is 2. The van der Waals surface area contributed by atoms with Crippen LogP contribution in [0.15, 0.2) is 26.9 Å². The van der Waals surface area contributed by atoms with Crippen LogP contribution < -0.4 is 16.8 Å². The molecule has 0 spiro atoms. The van der Waals surface area contributed by atoms with Crippen LogP contribution >= 0.6 is 36.2 Å². The van der Waals surface area contributed by atoms with Gasteiger partial charge in [0, 0.05) is 12.5 Å². The Balaban J connectivity index is 0.00000220. The minimum absolute atomic E-state index is 0. The average Bonchev–Trinajstić information content (AvgIpc) is 3.11. The van der Waals surface area contributed by atoms with Gasteiger partial charge in [-0.15, -0.1) is 36.2 Å². The van der Waals surface area contributed by atoms with Gasteiger partial charge in [0.25, 0.3) is 0 Å². The van der Waals surface area contributed by atoms with Gasteiger partial charge in [-0.2, -0.15) is 0 Å². The second kappa shape index (κ2) is 10.5. The number of methoxy groups -OCH3 is 1. The van der Waals surface area contributed by atoms with Gasteiger partial charge >= 0.3 is 0 Å². The van der Waals surface area contributed by atoms with E-state index in [-0.39, 0.29) is 24.8 Å². The minimum Gasteiger partial charge on any atom is -0.458 e. The lowest BCUT2D eigenvalue weighted by molar-refractivity contribution is 0.116. The first-order valence-electron chi connectivity index (χ1n) is 6.01. The topological polar surface area (TPSA) is 112 Å². The summed E-state index contributed by atoms with van der Waals surface area (Å²) in [6.45, 7) is 0.765. The Labute approximate surface area is 145 Å². The van der Waals surface area contributed by atoms with Crippen LogP contribution in [-0.2, 0) is 11.3 Å². The van der Waals surface area contributed by atoms with Crippen molar-refractivity contribution >= 4 is 47.6 Å². The van der Waals surface area contributed by atoms with Crippen LogP contribution in [0.4, 0.5) is 5.13 Å². The molecule has 1 atom stereocenters. The molecular formula is C12H19Cl2N5O2S. The van der Waals surface area contributed by atoms with Crippen molar-refractivity contribution in [2.24, 2.45) is 16.5 Å². The van der Waals surface area contributed by atoms with Gasteiger partial charge < -0.3 is 25.9 Å². The van der Waals surface area contributed by atoms with E-state index in [1.165, 1.54) is 11.3 Å². The fourth-order valence-electron chi connectivity index (χ4n) is 1.41. The second-order valence-corrected chi connectivity index (χ2v) is 4.78. The first kappa shape index (κ1) is 20.8. The maximum atomic E-state index is 5.55. The molecule has 0 aliphatic carbocycles. The van der Waals surface area contributed by atoms with Crippen molar-refractivity contribution in [1.82, 2.24) is 4.98 Å². The first-order chi connectivity index (χ1) is 9.72. The predicted octanol–water partition coefficient (Wildman–Crippen LogP) is 2.08. The second-order valence-electron chi connectivity index (χ2n) is 3.92. The van der Waals surface area contributed by atoms with Gasteiger partial charge in [0.05, 0.1) is 19.4 Å². The van der Waals surface area contributed by atoms with Crippen LogP contribution in [0.2, 0.25) is 0 Å². The number of nitrogens with one attached hydrogen (secondary N) is 1. The van der Waals surface area contributed by atoms with Gasteiger partial charge in [-0.1, -0.05) is 0 Å². The number of hydrogen-bond donors (Lipinski definition) is 3. The maximum Gasteiger partial charge on any atom is 0.188 e. The van der Waals surface area contributed by atoms with Gasteiger partial charge in [0.1, 0.15) is 17.7 Å². The van der Waals surface area contributed by atoms with Crippen LogP contribution in [0.5, 0.6) is 0 Å². The van der Waals surface area contributed by atoms with Gasteiger partial charge in [-0.3, -0.25) is 4.99 Å². The predicted molar refractivity (Wildman–Crippen MR) is 94.2 cm³/mol. The number of halogens is 2. The Morgan fingerprint density at radius 1 is 1.50 bits per heavy atom. The van der Waals surface area contributed by atoms with Gasteiger partial charge in [0.15, 0.2) is 10.9 Å². The Hall–Kier alpha value is -1.16. The summed E-state index contributed by atoms with van der Waals surface area (Å²) in [5.41, 5.74) is 11.8. The molecule has 22 heavy (non-hydrogen) atoms. The standard InChI is InChI=1S/C12H17N5O2S.2ClH/c1-18-11(14)5-15-7-16-12-17-9(6-20-12)10-3-2-8(4-13)19-10;;/h2-3,6-7,11H,4-5,13-14H2,1H3,(H,15,16,17);2*1H. The molecule has 0 aliphatic heterocycles. The van der Waals surface area contributed by atoms with Crippen molar-refractivity contribution in [3.8, 4) is 11.5 Å². The highest BCUT2D eigenvalue weighted by atomic mass is 35.5. The molecule has 0 bridgehead atoms. The number of anilines is 1. The van der Waals surface area contributed by atoms with E-state index in [1.54, 1.807) is 13.4 Å². The van der Waals surface area contributed by atoms with E-state index in [1.807, 2.05) is 17.5 Å². The highest BCUT2D eigenvalue weighted by Gasteiger charge is 2.08. The normalized spacial score (nSPS) is 11.8. The van der Waals surface area contributed by atoms with Crippen molar-refractivity contribution in [3.63, 3.8) is 0 Å². The molecule has 2 rings (SSSR count). The van der Waals surface area contributed by atoms with E-state index < -0.39 is 6.23 Å². The molecular weight excluding hydrogens is 349 g/mol. The number of ether oxygens (including phenoxy) is 1. The molecule has 5 N–H and O–H groups in total. The molecule has 10 heteroatoms. The summed E-state index contributed by atoms with van der Waals surface area (Å²) in [6.07, 6.45) is 1.16. The average molecular weight is 368 g/mol. The number of nitrogens with two attached hydrogens (primary N) is 2.